The fraction of sp³-hybridized carbons (Fsp3) is 0.455. The molecule has 0 bridgehead atoms. The first-order valence-corrected chi connectivity index (χ1v) is 11.2. The number of alkyl halides is 3. The second-order valence-electron chi connectivity index (χ2n) is 8.70. The van der Waals surface area contributed by atoms with Crippen LogP contribution in [0.25, 0.3) is 27.9 Å². The van der Waals surface area contributed by atoms with Gasteiger partial charge in [-0.2, -0.15) is 4.98 Å². The number of piperidine rings is 1. The molecule has 1 fully saturated rings. The highest BCUT2D eigenvalue weighted by Gasteiger charge is 2.44. The summed E-state index contributed by atoms with van der Waals surface area (Å²) in [6, 6.07) is 2.17. The van der Waals surface area contributed by atoms with Crippen LogP contribution in [0, 0.1) is 12.7 Å². The molecule has 1 aliphatic rings. The van der Waals surface area contributed by atoms with Crippen molar-refractivity contribution in [2.45, 2.75) is 31.9 Å². The molecule has 186 valence electrons. The number of imidazole rings is 1. The zero-order valence-corrected chi connectivity index (χ0v) is 19.5. The van der Waals surface area contributed by atoms with Crippen LogP contribution in [-0.2, 0) is 6.54 Å². The number of anilines is 2. The maximum absolute atomic E-state index is 15.2. The normalized spacial score (nSPS) is 18.4. The standard InChI is InChI=1S/C22H25F4N9/c1-12-28-15-5-4-14(29-20(15)34(12)9-7-23)17-13(24)10-35-18(17)19(27-2)31-21(32-35)30-16-6-8-33(3)11-22(16,25)26/h4-5,10,16H,6-9,11H2,1-3H3,(H2,27,30,31,32)/t16-/m1/s1. The first-order valence-electron chi connectivity index (χ1n) is 11.2. The van der Waals surface area contributed by atoms with Gasteiger partial charge < -0.3 is 20.1 Å². The molecule has 9 nitrogen and oxygen atoms in total. The van der Waals surface area contributed by atoms with Gasteiger partial charge in [-0.05, 0) is 32.5 Å². The van der Waals surface area contributed by atoms with E-state index in [0.29, 0.717) is 34.7 Å². The molecular weight excluding hydrogens is 466 g/mol. The molecule has 5 rings (SSSR count). The number of pyridine rings is 1. The highest BCUT2D eigenvalue weighted by molar-refractivity contribution is 5.89. The summed E-state index contributed by atoms with van der Waals surface area (Å²) in [5, 5.41) is 9.89. The molecule has 0 saturated carbocycles. The molecule has 0 radical (unpaired) electrons. The van der Waals surface area contributed by atoms with E-state index in [2.05, 4.69) is 30.7 Å². The van der Waals surface area contributed by atoms with Crippen LogP contribution in [-0.4, -0.2) is 79.9 Å². The maximum atomic E-state index is 15.2. The van der Waals surface area contributed by atoms with E-state index < -0.39 is 24.5 Å². The lowest BCUT2D eigenvalue weighted by Crippen LogP contribution is -2.53. The van der Waals surface area contributed by atoms with Gasteiger partial charge in [-0.1, -0.05) is 0 Å². The number of likely N-dealkylation sites (tertiary alicyclic amines) is 1. The number of hydrogen-bond acceptors (Lipinski definition) is 7. The molecular formula is C22H25F4N9. The van der Waals surface area contributed by atoms with Crippen LogP contribution in [0.3, 0.4) is 0 Å². The Bertz CT molecular complexity index is 1400. The van der Waals surface area contributed by atoms with E-state index in [-0.39, 0.29) is 36.8 Å². The molecule has 0 unspecified atom stereocenters. The van der Waals surface area contributed by atoms with Gasteiger partial charge in [0, 0.05) is 13.6 Å². The number of rotatable bonds is 6. The van der Waals surface area contributed by atoms with Crippen molar-refractivity contribution in [3.63, 3.8) is 0 Å². The van der Waals surface area contributed by atoms with Crippen molar-refractivity contribution < 1.29 is 17.6 Å². The van der Waals surface area contributed by atoms with E-state index in [4.69, 9.17) is 0 Å². The van der Waals surface area contributed by atoms with Crippen molar-refractivity contribution in [1.82, 2.24) is 34.0 Å². The Morgan fingerprint density at radius 2 is 2.00 bits per heavy atom. The van der Waals surface area contributed by atoms with Gasteiger partial charge in [-0.15, -0.1) is 5.10 Å². The molecule has 13 heteroatoms. The van der Waals surface area contributed by atoms with Crippen LogP contribution in [0.1, 0.15) is 12.2 Å². The molecule has 5 heterocycles. The molecule has 1 saturated heterocycles. The van der Waals surface area contributed by atoms with Crippen LogP contribution in [0.15, 0.2) is 18.3 Å². The van der Waals surface area contributed by atoms with E-state index in [0.717, 1.165) is 6.20 Å². The lowest BCUT2D eigenvalue weighted by atomic mass is 10.0. The predicted molar refractivity (Wildman–Crippen MR) is 124 cm³/mol. The number of hydrogen-bond donors (Lipinski definition) is 2. The molecule has 0 spiro atoms. The van der Waals surface area contributed by atoms with Crippen LogP contribution >= 0.6 is 0 Å². The van der Waals surface area contributed by atoms with Gasteiger partial charge in [0.15, 0.2) is 17.3 Å². The highest BCUT2D eigenvalue weighted by atomic mass is 19.3. The molecule has 1 atom stereocenters. The molecule has 0 aromatic carbocycles. The zero-order chi connectivity index (χ0) is 24.9. The number of nitrogens with zero attached hydrogens (tertiary/aromatic N) is 7. The first-order chi connectivity index (χ1) is 16.7. The van der Waals surface area contributed by atoms with Gasteiger partial charge in [0.2, 0.25) is 5.95 Å². The van der Waals surface area contributed by atoms with Crippen molar-refractivity contribution in [2.75, 3.05) is 44.5 Å². The second-order valence-corrected chi connectivity index (χ2v) is 8.70. The number of halogens is 4. The third kappa shape index (κ3) is 4.03. The average molecular weight is 491 g/mol. The molecule has 2 N–H and O–H groups in total. The van der Waals surface area contributed by atoms with E-state index >= 15 is 4.39 Å². The Hall–Kier alpha value is -3.48. The van der Waals surface area contributed by atoms with Crippen molar-refractivity contribution in [1.29, 1.82) is 0 Å². The molecule has 4 aromatic rings. The molecule has 1 aliphatic heterocycles. The summed E-state index contributed by atoms with van der Waals surface area (Å²) in [6.45, 7) is 1.37. The van der Waals surface area contributed by atoms with Gasteiger partial charge >= 0.3 is 0 Å². The minimum atomic E-state index is -2.97. The lowest BCUT2D eigenvalue weighted by Gasteiger charge is -2.36. The van der Waals surface area contributed by atoms with Gasteiger partial charge in [-0.3, -0.25) is 0 Å². The Kier molecular flexibility index (Phi) is 5.74. The summed E-state index contributed by atoms with van der Waals surface area (Å²) in [4.78, 5) is 14.9. The summed E-state index contributed by atoms with van der Waals surface area (Å²) >= 11 is 0. The van der Waals surface area contributed by atoms with Crippen LogP contribution in [0.5, 0.6) is 0 Å². The Balaban J connectivity index is 1.58. The van der Waals surface area contributed by atoms with Crippen LogP contribution in [0.4, 0.5) is 29.3 Å². The van der Waals surface area contributed by atoms with E-state index in [1.807, 2.05) is 0 Å². The third-order valence-corrected chi connectivity index (χ3v) is 6.26. The first kappa shape index (κ1) is 23.3. The minimum absolute atomic E-state index is 0.0438. The minimum Gasteiger partial charge on any atom is -0.371 e. The predicted octanol–water partition coefficient (Wildman–Crippen LogP) is 3.35. The van der Waals surface area contributed by atoms with Crippen molar-refractivity contribution in [3.05, 3.63) is 30.0 Å². The molecule has 35 heavy (non-hydrogen) atoms. The summed E-state index contributed by atoms with van der Waals surface area (Å²) in [6.07, 6.45) is 1.36. The number of aryl methyl sites for hydroxylation is 2. The molecule has 4 aromatic heterocycles. The summed E-state index contributed by atoms with van der Waals surface area (Å²) in [5.41, 5.74) is 1.73. The molecule has 0 amide bonds. The molecule has 0 aliphatic carbocycles. The maximum Gasteiger partial charge on any atom is 0.280 e. The summed E-state index contributed by atoms with van der Waals surface area (Å²) < 4.78 is 60.2. The monoisotopic (exact) mass is 491 g/mol. The second kappa shape index (κ2) is 8.63. The Morgan fingerprint density at radius 3 is 2.71 bits per heavy atom. The van der Waals surface area contributed by atoms with Crippen LogP contribution < -0.4 is 10.6 Å². The fourth-order valence-corrected chi connectivity index (χ4v) is 4.58. The van der Waals surface area contributed by atoms with Crippen LogP contribution in [0.2, 0.25) is 0 Å². The number of aromatic nitrogens is 6. The van der Waals surface area contributed by atoms with Gasteiger partial charge in [0.05, 0.1) is 36.6 Å². The third-order valence-electron chi connectivity index (χ3n) is 6.26. The van der Waals surface area contributed by atoms with E-state index in [1.165, 1.54) is 4.52 Å². The topological polar surface area (TPSA) is 88.2 Å². The summed E-state index contributed by atoms with van der Waals surface area (Å²) in [7, 11) is 3.24. The Labute approximate surface area is 198 Å². The SMILES string of the molecule is CNc1nc(N[C@@H]2CCN(C)CC2(F)F)nn2cc(F)c(-c3ccc4nc(C)n(CCF)c4n3)c12. The Morgan fingerprint density at radius 1 is 1.20 bits per heavy atom. The smallest absolute Gasteiger partial charge is 0.280 e. The van der Waals surface area contributed by atoms with Gasteiger partial charge in [0.1, 0.15) is 23.5 Å². The van der Waals surface area contributed by atoms with Crippen molar-refractivity contribution in [2.24, 2.45) is 0 Å². The zero-order valence-electron chi connectivity index (χ0n) is 19.5. The van der Waals surface area contributed by atoms with E-state index in [1.54, 1.807) is 42.6 Å². The quantitative estimate of drug-likeness (QED) is 0.400. The average Bonchev–Trinajstić information content (AvgIpc) is 3.30. The highest BCUT2D eigenvalue weighted by Crippen LogP contribution is 2.34. The van der Waals surface area contributed by atoms with Crippen molar-refractivity contribution in [3.8, 4) is 11.3 Å². The van der Waals surface area contributed by atoms with Gasteiger partial charge in [-0.25, -0.2) is 32.0 Å². The van der Waals surface area contributed by atoms with Gasteiger partial charge in [0.25, 0.3) is 5.92 Å². The summed E-state index contributed by atoms with van der Waals surface area (Å²) in [5.74, 6) is -2.79. The largest absolute Gasteiger partial charge is 0.371 e. The number of fused-ring (bicyclic) bond motifs is 2. The fourth-order valence-electron chi connectivity index (χ4n) is 4.58. The van der Waals surface area contributed by atoms with Crippen molar-refractivity contribution >= 4 is 28.4 Å². The van der Waals surface area contributed by atoms with E-state index in [9.17, 15) is 13.2 Å². The number of nitrogens with one attached hydrogen (secondary N) is 2. The lowest BCUT2D eigenvalue weighted by molar-refractivity contribution is -0.0675.